The van der Waals surface area contributed by atoms with Crippen LogP contribution in [0.2, 0.25) is 5.02 Å². The average Bonchev–Trinajstić information content (AvgIpc) is 3.38. The van der Waals surface area contributed by atoms with E-state index in [1.54, 1.807) is 6.07 Å². The van der Waals surface area contributed by atoms with Gasteiger partial charge in [-0.15, -0.1) is 0 Å². The van der Waals surface area contributed by atoms with Crippen molar-refractivity contribution in [3.8, 4) is 22.5 Å². The van der Waals surface area contributed by atoms with Crippen molar-refractivity contribution in [2.45, 2.75) is 31.4 Å². The molecule has 0 spiro atoms. The number of rotatable bonds is 5. The summed E-state index contributed by atoms with van der Waals surface area (Å²) < 4.78 is 78.8. The number of hydrogen-bond acceptors (Lipinski definition) is 4. The van der Waals surface area contributed by atoms with Crippen molar-refractivity contribution in [2.24, 2.45) is 0 Å². The van der Waals surface area contributed by atoms with Crippen molar-refractivity contribution in [1.29, 1.82) is 0 Å². The lowest BCUT2D eigenvalue weighted by Gasteiger charge is -2.22. The molecule has 12 heteroatoms. The van der Waals surface area contributed by atoms with Crippen molar-refractivity contribution < 1.29 is 31.4 Å². The Bertz CT molecular complexity index is 1470. The Labute approximate surface area is 229 Å². The van der Waals surface area contributed by atoms with Gasteiger partial charge in [0.05, 0.1) is 45.9 Å². The zero-order chi connectivity index (χ0) is 28.7. The molecule has 3 heterocycles. The van der Waals surface area contributed by atoms with E-state index in [1.807, 2.05) is 6.08 Å². The second-order valence-electron chi connectivity index (χ2n) is 9.20. The highest BCUT2D eigenvalue weighted by Gasteiger charge is 2.32. The van der Waals surface area contributed by atoms with Gasteiger partial charge in [-0.25, -0.2) is 4.98 Å². The van der Waals surface area contributed by atoms with E-state index < -0.39 is 29.5 Å². The number of H-pyrrole nitrogens is 1. The Morgan fingerprint density at radius 1 is 0.900 bits per heavy atom. The van der Waals surface area contributed by atoms with Gasteiger partial charge in [0, 0.05) is 23.9 Å². The van der Waals surface area contributed by atoms with Gasteiger partial charge in [0.1, 0.15) is 5.82 Å². The highest BCUT2D eigenvalue weighted by molar-refractivity contribution is 6.31. The average molecular weight is 579 g/mol. The normalized spacial score (nSPS) is 16.2. The van der Waals surface area contributed by atoms with Crippen LogP contribution in [0.5, 0.6) is 0 Å². The predicted molar refractivity (Wildman–Crippen MR) is 138 cm³/mol. The summed E-state index contributed by atoms with van der Waals surface area (Å²) in [4.78, 5) is 12.2. The van der Waals surface area contributed by atoms with Crippen LogP contribution in [-0.2, 0) is 19.0 Å². The number of aromatic nitrogens is 3. The third-order valence-corrected chi connectivity index (χ3v) is 6.83. The zero-order valence-corrected chi connectivity index (χ0v) is 21.3. The third-order valence-electron chi connectivity index (χ3n) is 6.52. The molecule has 1 atom stereocenters. The molecule has 2 aromatic carbocycles. The minimum Gasteiger partial charge on any atom is -0.392 e. The molecule has 208 valence electrons. The van der Waals surface area contributed by atoms with E-state index in [2.05, 4.69) is 20.3 Å². The van der Waals surface area contributed by atoms with Crippen LogP contribution in [0.15, 0.2) is 66.9 Å². The number of alkyl halides is 6. The molecule has 3 N–H and O–H groups in total. The van der Waals surface area contributed by atoms with E-state index >= 15 is 0 Å². The number of pyridine rings is 1. The van der Waals surface area contributed by atoms with Crippen LogP contribution < -0.4 is 5.32 Å². The number of hydrogen-bond donors (Lipinski definition) is 3. The molecule has 0 saturated carbocycles. The Balaban J connectivity index is 1.58. The first-order valence-electron chi connectivity index (χ1n) is 12.1. The van der Waals surface area contributed by atoms with Crippen LogP contribution in [-0.4, -0.2) is 26.6 Å². The molecular weight excluding hydrogens is 558 g/mol. The molecule has 1 aliphatic heterocycles. The molecule has 0 aliphatic carbocycles. The van der Waals surface area contributed by atoms with E-state index in [0.29, 0.717) is 57.6 Å². The van der Waals surface area contributed by atoms with Crippen LogP contribution in [0.3, 0.4) is 0 Å². The minimum atomic E-state index is -4.52. The summed E-state index contributed by atoms with van der Waals surface area (Å²) >= 11 is 6.39. The fourth-order valence-electron chi connectivity index (χ4n) is 4.47. The van der Waals surface area contributed by atoms with E-state index in [9.17, 15) is 31.4 Å². The molecular formula is C28H21ClF6N4O. The lowest BCUT2D eigenvalue weighted by Crippen LogP contribution is -2.26. The molecule has 4 aromatic rings. The monoisotopic (exact) mass is 578 g/mol. The summed E-state index contributed by atoms with van der Waals surface area (Å²) in [6.07, 6.45) is -5.13. The smallest absolute Gasteiger partial charge is 0.392 e. The predicted octanol–water partition coefficient (Wildman–Crippen LogP) is 7.44. The van der Waals surface area contributed by atoms with Crippen LogP contribution in [0.1, 0.15) is 40.7 Å². The fraction of sp³-hybridized carbons (Fsp3) is 0.214. The number of halogens is 7. The van der Waals surface area contributed by atoms with E-state index in [-0.39, 0.29) is 6.61 Å². The molecule has 0 saturated heterocycles. The van der Waals surface area contributed by atoms with E-state index in [1.165, 1.54) is 30.5 Å². The second kappa shape index (κ2) is 10.7. The summed E-state index contributed by atoms with van der Waals surface area (Å²) in [6.45, 7) is 0.320. The number of aromatic amines is 1. The number of nitrogens with zero attached hydrogens (tertiary/aromatic N) is 2. The maximum Gasteiger partial charge on any atom is 0.416 e. The molecule has 5 rings (SSSR count). The highest BCUT2D eigenvalue weighted by atomic mass is 35.5. The molecule has 0 amide bonds. The van der Waals surface area contributed by atoms with Crippen molar-refractivity contribution in [3.05, 3.63) is 100 Å². The summed E-state index contributed by atoms with van der Waals surface area (Å²) in [6, 6.07) is 10.1. The van der Waals surface area contributed by atoms with Gasteiger partial charge >= 0.3 is 12.4 Å². The molecule has 1 unspecified atom stereocenters. The van der Waals surface area contributed by atoms with Gasteiger partial charge in [-0.05, 0) is 47.9 Å². The molecule has 5 nitrogen and oxygen atoms in total. The molecule has 0 radical (unpaired) electrons. The number of nitrogens with one attached hydrogen (secondary N) is 2. The Morgan fingerprint density at radius 3 is 2.05 bits per heavy atom. The van der Waals surface area contributed by atoms with Gasteiger partial charge in [0.15, 0.2) is 0 Å². The fourth-order valence-corrected chi connectivity index (χ4v) is 4.77. The van der Waals surface area contributed by atoms with Crippen LogP contribution >= 0.6 is 11.6 Å². The molecule has 0 fully saturated rings. The van der Waals surface area contributed by atoms with Crippen molar-refractivity contribution in [3.63, 3.8) is 0 Å². The Kier molecular flexibility index (Phi) is 7.47. The van der Waals surface area contributed by atoms with Gasteiger partial charge in [-0.1, -0.05) is 41.9 Å². The number of aliphatic hydroxyl groups is 1. The first-order valence-corrected chi connectivity index (χ1v) is 12.5. The lowest BCUT2D eigenvalue weighted by atomic mass is 10.0. The maximum atomic E-state index is 13.1. The summed E-state index contributed by atoms with van der Waals surface area (Å²) in [5, 5.41) is 13.0. The quantitative estimate of drug-likeness (QED) is 0.215. The van der Waals surface area contributed by atoms with E-state index in [0.717, 1.165) is 29.8 Å². The Hall–Kier alpha value is -3.67. The largest absolute Gasteiger partial charge is 0.416 e. The highest BCUT2D eigenvalue weighted by Crippen LogP contribution is 2.38. The van der Waals surface area contributed by atoms with Crippen molar-refractivity contribution in [2.75, 3.05) is 6.54 Å². The minimum absolute atomic E-state index is 0.210. The van der Waals surface area contributed by atoms with Crippen LogP contribution in [0, 0.1) is 0 Å². The summed E-state index contributed by atoms with van der Waals surface area (Å²) in [5.41, 5.74) is 1.61. The van der Waals surface area contributed by atoms with Crippen LogP contribution in [0.25, 0.3) is 28.1 Å². The first-order chi connectivity index (χ1) is 18.9. The first kappa shape index (κ1) is 27.9. The van der Waals surface area contributed by atoms with Crippen LogP contribution in [0.4, 0.5) is 26.3 Å². The molecule has 2 aromatic heterocycles. The molecule has 0 bridgehead atoms. The second-order valence-corrected chi connectivity index (χ2v) is 9.61. The van der Waals surface area contributed by atoms with Gasteiger partial charge in [-0.2, -0.15) is 26.3 Å². The van der Waals surface area contributed by atoms with Gasteiger partial charge in [0.25, 0.3) is 0 Å². The zero-order valence-electron chi connectivity index (χ0n) is 20.5. The standard InChI is InChI=1S/C28H21ClF6N4O/c29-21-11-15(14-40)13-37-25(21)22-12-18(9-10-36-22)26-38-23(16-1-5-19(6-2-16)27(30,31)32)24(39-26)17-3-7-20(8-4-17)28(33,34)35/h1-8,11-13,22,36,40H,9-10,14H2,(H,38,39). The van der Waals surface area contributed by atoms with Gasteiger partial charge < -0.3 is 15.4 Å². The van der Waals surface area contributed by atoms with Gasteiger partial charge in [-0.3, -0.25) is 4.98 Å². The summed E-state index contributed by atoms with van der Waals surface area (Å²) in [5.74, 6) is 0.416. The maximum absolute atomic E-state index is 13.1. The third kappa shape index (κ3) is 5.77. The SMILES string of the molecule is OCc1cnc(C2C=C(c3nc(-c4ccc(C(F)(F)F)cc4)c(-c4ccc(C(F)(F)F)cc4)[nH]3)CCN2)c(Cl)c1. The summed E-state index contributed by atoms with van der Waals surface area (Å²) in [7, 11) is 0. The van der Waals surface area contributed by atoms with Crippen molar-refractivity contribution in [1.82, 2.24) is 20.3 Å². The molecule has 1 aliphatic rings. The topological polar surface area (TPSA) is 73.8 Å². The van der Waals surface area contributed by atoms with Gasteiger partial charge in [0.2, 0.25) is 0 Å². The Morgan fingerprint density at radius 2 is 1.50 bits per heavy atom. The molecule has 40 heavy (non-hydrogen) atoms. The lowest BCUT2D eigenvalue weighted by molar-refractivity contribution is -0.138. The number of aliphatic hydroxyl groups excluding tert-OH is 1. The number of imidazole rings is 1. The van der Waals surface area contributed by atoms with E-state index in [4.69, 9.17) is 11.6 Å². The number of benzene rings is 2. The van der Waals surface area contributed by atoms with Crippen molar-refractivity contribution >= 4 is 17.2 Å².